The number of para-hydroxylation sites is 1. The summed E-state index contributed by atoms with van der Waals surface area (Å²) in [5, 5.41) is 8.91. The number of fused-ring (bicyclic) bond motifs is 1. The van der Waals surface area contributed by atoms with E-state index in [1.165, 1.54) is 22.3 Å². The average molecular weight is 413 g/mol. The molecule has 0 heterocycles. The first kappa shape index (κ1) is 21.4. The van der Waals surface area contributed by atoms with Crippen molar-refractivity contribution >= 4 is 11.6 Å². The van der Waals surface area contributed by atoms with Crippen LogP contribution < -0.4 is 4.74 Å². The van der Waals surface area contributed by atoms with E-state index in [9.17, 15) is 0 Å². The van der Waals surface area contributed by atoms with E-state index in [0.717, 1.165) is 56.4 Å². The Morgan fingerprint density at radius 2 is 1.55 bits per heavy atom. The highest BCUT2D eigenvalue weighted by Gasteiger charge is 2.24. The Balaban J connectivity index is 1.54. The third kappa shape index (κ3) is 5.45. The number of ether oxygens (including phenoxy) is 1. The zero-order chi connectivity index (χ0) is 21.3. The summed E-state index contributed by atoms with van der Waals surface area (Å²) in [4.78, 5) is 0. The maximum absolute atomic E-state index is 8.91. The highest BCUT2D eigenvalue weighted by molar-refractivity contribution is 5.85. The minimum Gasteiger partial charge on any atom is -0.493 e. The molecule has 0 aromatic heterocycles. The fraction of sp³-hybridized carbons (Fsp3) is 0.310. The fourth-order valence-corrected chi connectivity index (χ4v) is 4.53. The molecule has 0 spiro atoms. The van der Waals surface area contributed by atoms with Crippen molar-refractivity contribution in [3.63, 3.8) is 0 Å². The molecule has 1 atom stereocenters. The van der Waals surface area contributed by atoms with Gasteiger partial charge in [0.05, 0.1) is 6.61 Å². The summed E-state index contributed by atoms with van der Waals surface area (Å²) in [6, 6.07) is 28.1. The molecule has 0 amide bonds. The monoisotopic (exact) mass is 412 g/mol. The van der Waals surface area contributed by atoms with Crippen molar-refractivity contribution in [3.8, 4) is 5.75 Å². The van der Waals surface area contributed by atoms with E-state index >= 15 is 0 Å². The third-order valence-electron chi connectivity index (χ3n) is 6.15. The Hall–Kier alpha value is -2.84. The molecule has 0 saturated carbocycles. The van der Waals surface area contributed by atoms with Crippen LogP contribution in [0.15, 0.2) is 78.9 Å². The lowest BCUT2D eigenvalue weighted by Crippen LogP contribution is -2.10. The number of rotatable bonds is 9. The van der Waals surface area contributed by atoms with E-state index in [-0.39, 0.29) is 6.61 Å². The largest absolute Gasteiger partial charge is 0.493 e. The molecule has 31 heavy (non-hydrogen) atoms. The Bertz CT molecular complexity index is 990. The number of unbranched alkanes of at least 4 members (excludes halogenated alkanes) is 3. The van der Waals surface area contributed by atoms with Crippen LogP contribution in [-0.4, -0.2) is 18.3 Å². The van der Waals surface area contributed by atoms with Gasteiger partial charge < -0.3 is 9.84 Å². The second kappa shape index (κ2) is 11.0. The van der Waals surface area contributed by atoms with E-state index in [1.807, 2.05) is 6.07 Å². The highest BCUT2D eigenvalue weighted by atomic mass is 16.5. The van der Waals surface area contributed by atoms with Gasteiger partial charge in [0, 0.05) is 18.1 Å². The lowest BCUT2D eigenvalue weighted by Gasteiger charge is -2.28. The summed E-state index contributed by atoms with van der Waals surface area (Å²) in [5.41, 5.74) is 6.73. The van der Waals surface area contributed by atoms with Crippen molar-refractivity contribution in [3.05, 3.63) is 101 Å². The molecular formula is C29H32O2. The van der Waals surface area contributed by atoms with Crippen molar-refractivity contribution < 1.29 is 9.84 Å². The number of benzene rings is 3. The predicted molar refractivity (Wildman–Crippen MR) is 129 cm³/mol. The normalized spacial score (nSPS) is 16.8. The van der Waals surface area contributed by atoms with Crippen molar-refractivity contribution in [2.75, 3.05) is 13.2 Å². The van der Waals surface area contributed by atoms with Crippen LogP contribution in [0.5, 0.6) is 5.75 Å². The molecule has 1 aliphatic rings. The number of allylic oxidation sites excluding steroid dienone is 1. The minimum absolute atomic E-state index is 0.282. The molecule has 0 saturated heterocycles. The molecule has 3 aromatic carbocycles. The van der Waals surface area contributed by atoms with Gasteiger partial charge in [-0.1, -0.05) is 79.2 Å². The van der Waals surface area contributed by atoms with E-state index in [4.69, 9.17) is 9.84 Å². The molecule has 3 aromatic rings. The zero-order valence-electron chi connectivity index (χ0n) is 18.2. The first-order valence-electron chi connectivity index (χ1n) is 11.5. The number of hydrogen-bond donors (Lipinski definition) is 1. The van der Waals surface area contributed by atoms with E-state index in [1.54, 1.807) is 0 Å². The van der Waals surface area contributed by atoms with Gasteiger partial charge in [0.25, 0.3) is 0 Å². The molecule has 1 N–H and O–H groups in total. The quantitative estimate of drug-likeness (QED) is 0.380. The Morgan fingerprint density at radius 1 is 0.806 bits per heavy atom. The van der Waals surface area contributed by atoms with Crippen molar-refractivity contribution in [1.29, 1.82) is 0 Å². The first-order valence-corrected chi connectivity index (χ1v) is 11.5. The topological polar surface area (TPSA) is 29.5 Å². The Kier molecular flexibility index (Phi) is 7.57. The molecule has 0 aliphatic heterocycles. The number of hydrogen-bond acceptors (Lipinski definition) is 2. The van der Waals surface area contributed by atoms with Crippen LogP contribution in [0.2, 0.25) is 0 Å². The maximum atomic E-state index is 8.91. The van der Waals surface area contributed by atoms with Gasteiger partial charge in [-0.25, -0.2) is 0 Å². The molecule has 0 fully saturated rings. The molecule has 160 valence electrons. The standard InChI is InChI=1S/C29H32O2/c30-20-10-1-2-11-21-31-29-17-9-6-14-25(29)22-24-18-19-27(23-12-4-3-5-13-23)28-16-8-7-15-26(24)28/h3-9,12-17,22,27,30H,1-2,10-11,18-21H2/b24-22+. The highest BCUT2D eigenvalue weighted by Crippen LogP contribution is 2.42. The summed E-state index contributed by atoms with van der Waals surface area (Å²) < 4.78 is 6.13. The first-order chi connectivity index (χ1) is 15.4. The lowest BCUT2D eigenvalue weighted by molar-refractivity contribution is 0.273. The summed E-state index contributed by atoms with van der Waals surface area (Å²) in [6.45, 7) is 1.00. The molecule has 1 aliphatic carbocycles. The molecule has 1 unspecified atom stereocenters. The van der Waals surface area contributed by atoms with Crippen molar-refractivity contribution in [2.45, 2.75) is 44.4 Å². The lowest BCUT2D eigenvalue weighted by atomic mass is 9.76. The third-order valence-corrected chi connectivity index (χ3v) is 6.15. The van der Waals surface area contributed by atoms with Crippen LogP contribution in [-0.2, 0) is 0 Å². The number of aliphatic hydroxyl groups is 1. The van der Waals surface area contributed by atoms with Crippen LogP contribution >= 0.6 is 0 Å². The van der Waals surface area contributed by atoms with Gasteiger partial charge in [-0.3, -0.25) is 0 Å². The molecule has 2 heteroatoms. The van der Waals surface area contributed by atoms with Gasteiger partial charge in [0.15, 0.2) is 0 Å². The van der Waals surface area contributed by atoms with Gasteiger partial charge in [0.1, 0.15) is 5.75 Å². The van der Waals surface area contributed by atoms with E-state index < -0.39 is 0 Å². The Morgan fingerprint density at radius 3 is 2.42 bits per heavy atom. The molecule has 2 nitrogen and oxygen atoms in total. The van der Waals surface area contributed by atoms with Crippen LogP contribution in [0.1, 0.15) is 66.7 Å². The van der Waals surface area contributed by atoms with Crippen LogP contribution in [0.3, 0.4) is 0 Å². The fourth-order valence-electron chi connectivity index (χ4n) is 4.53. The molecule has 0 bridgehead atoms. The van der Waals surface area contributed by atoms with E-state index in [0.29, 0.717) is 5.92 Å². The van der Waals surface area contributed by atoms with Crippen molar-refractivity contribution in [1.82, 2.24) is 0 Å². The Labute approximate surface area is 186 Å². The second-order valence-electron chi connectivity index (χ2n) is 8.28. The molecular weight excluding hydrogens is 380 g/mol. The summed E-state index contributed by atoms with van der Waals surface area (Å²) in [6.07, 6.45) is 8.56. The molecule has 0 radical (unpaired) electrons. The predicted octanol–water partition coefficient (Wildman–Crippen LogP) is 7.08. The minimum atomic E-state index is 0.282. The van der Waals surface area contributed by atoms with Crippen molar-refractivity contribution in [2.24, 2.45) is 0 Å². The van der Waals surface area contributed by atoms with Gasteiger partial charge in [-0.2, -0.15) is 0 Å². The molecule has 4 rings (SSSR count). The van der Waals surface area contributed by atoms with Gasteiger partial charge in [0.2, 0.25) is 0 Å². The summed E-state index contributed by atoms with van der Waals surface area (Å²) in [7, 11) is 0. The maximum Gasteiger partial charge on any atom is 0.126 e. The van der Waals surface area contributed by atoms with Gasteiger partial charge in [-0.05, 0) is 66.5 Å². The SMILES string of the molecule is OCCCCCCOc1ccccc1/C=C1\CCC(c2ccccc2)c2ccccc21. The van der Waals surface area contributed by atoms with Crippen LogP contribution in [0, 0.1) is 0 Å². The van der Waals surface area contributed by atoms with E-state index in [2.05, 4.69) is 78.9 Å². The zero-order valence-corrected chi connectivity index (χ0v) is 18.2. The van der Waals surface area contributed by atoms with Crippen LogP contribution in [0.4, 0.5) is 0 Å². The average Bonchev–Trinajstić information content (AvgIpc) is 2.83. The summed E-state index contributed by atoms with van der Waals surface area (Å²) in [5.74, 6) is 1.42. The van der Waals surface area contributed by atoms with Gasteiger partial charge in [-0.15, -0.1) is 0 Å². The van der Waals surface area contributed by atoms with Gasteiger partial charge >= 0.3 is 0 Å². The second-order valence-corrected chi connectivity index (χ2v) is 8.28. The summed E-state index contributed by atoms with van der Waals surface area (Å²) >= 11 is 0. The van der Waals surface area contributed by atoms with Crippen LogP contribution in [0.25, 0.3) is 11.6 Å². The smallest absolute Gasteiger partial charge is 0.126 e. The number of aliphatic hydroxyl groups excluding tert-OH is 1.